The Morgan fingerprint density at radius 2 is 1.91 bits per heavy atom. The number of halogens is 1. The first-order chi connectivity index (χ1) is 10.7. The lowest BCUT2D eigenvalue weighted by Crippen LogP contribution is -2.49. The second kappa shape index (κ2) is 5.51. The molecule has 23 heavy (non-hydrogen) atoms. The first kappa shape index (κ1) is 16.3. The third kappa shape index (κ3) is 2.96. The maximum atomic E-state index is 10.2. The van der Waals surface area contributed by atoms with Gasteiger partial charge in [-0.2, -0.15) is 0 Å². The van der Waals surface area contributed by atoms with Crippen molar-refractivity contribution in [3.05, 3.63) is 35.5 Å². The zero-order valence-electron chi connectivity index (χ0n) is 13.6. The molecule has 0 fully saturated rings. The molecule has 0 bridgehead atoms. The largest absolute Gasteiger partial charge is 0.456 e. The van der Waals surface area contributed by atoms with Crippen LogP contribution in [0.25, 0.3) is 21.9 Å². The molecule has 3 aromatic rings. The summed E-state index contributed by atoms with van der Waals surface area (Å²) >= 11 is 6.02. The van der Waals surface area contributed by atoms with Gasteiger partial charge in [0.15, 0.2) is 0 Å². The minimum Gasteiger partial charge on any atom is -0.456 e. The highest BCUT2D eigenvalue weighted by atomic mass is 35.5. The van der Waals surface area contributed by atoms with Crippen molar-refractivity contribution in [2.45, 2.75) is 38.9 Å². The second-order valence-electron chi connectivity index (χ2n) is 6.62. The predicted molar refractivity (Wildman–Crippen MR) is 93.4 cm³/mol. The highest BCUT2D eigenvalue weighted by Crippen LogP contribution is 2.29. The molecule has 119 valence electrons. The van der Waals surface area contributed by atoms with E-state index in [9.17, 15) is 5.11 Å². The Balaban J connectivity index is 2.03. The highest BCUT2D eigenvalue weighted by molar-refractivity contribution is 6.51. The number of hydrogen-bond acceptors (Lipinski definition) is 4. The van der Waals surface area contributed by atoms with Crippen LogP contribution in [-0.2, 0) is 4.65 Å². The fourth-order valence-electron chi connectivity index (χ4n) is 2.16. The zero-order valence-corrected chi connectivity index (χ0v) is 14.3. The van der Waals surface area contributed by atoms with Gasteiger partial charge in [0.05, 0.1) is 11.2 Å². The molecule has 6 heteroatoms. The number of nitrogens with zero attached hydrogens (tertiary/aromatic N) is 1. The van der Waals surface area contributed by atoms with Crippen LogP contribution < -0.4 is 5.59 Å². The Kier molecular flexibility index (Phi) is 3.91. The van der Waals surface area contributed by atoms with E-state index in [0.717, 1.165) is 10.8 Å². The van der Waals surface area contributed by atoms with Gasteiger partial charge in [-0.15, -0.1) is 0 Å². The Hall–Kier alpha value is -1.56. The maximum absolute atomic E-state index is 10.2. The topological polar surface area (TPSA) is 55.5 Å². The molecule has 0 aliphatic carbocycles. The zero-order chi connectivity index (χ0) is 16.8. The molecule has 3 rings (SSSR count). The van der Waals surface area contributed by atoms with Crippen LogP contribution in [0.3, 0.4) is 0 Å². The van der Waals surface area contributed by atoms with E-state index in [-0.39, 0.29) is 0 Å². The predicted octanol–water partition coefficient (Wildman–Crippen LogP) is 3.45. The quantitative estimate of drug-likeness (QED) is 0.745. The average molecular weight is 331 g/mol. The lowest BCUT2D eigenvalue weighted by molar-refractivity contribution is -0.0893. The van der Waals surface area contributed by atoms with E-state index in [1.165, 1.54) is 0 Å². The van der Waals surface area contributed by atoms with E-state index in [2.05, 4.69) is 4.98 Å². The number of pyridine rings is 1. The molecule has 0 atom stereocenters. The number of fused-ring (bicyclic) bond motifs is 3. The normalized spacial score (nSPS) is 13.0. The summed E-state index contributed by atoms with van der Waals surface area (Å²) in [7, 11) is 1.57. The van der Waals surface area contributed by atoms with E-state index < -0.39 is 11.2 Å². The van der Waals surface area contributed by atoms with Crippen LogP contribution in [0.5, 0.6) is 0 Å². The molecular formula is C17H18BClNO3. The summed E-state index contributed by atoms with van der Waals surface area (Å²) in [5.74, 6) is 0. The Morgan fingerprint density at radius 1 is 1.17 bits per heavy atom. The molecule has 0 amide bonds. The molecule has 1 aromatic carbocycles. The van der Waals surface area contributed by atoms with Gasteiger partial charge in [0.25, 0.3) is 0 Å². The molecule has 0 spiro atoms. The molecule has 0 unspecified atom stereocenters. The molecule has 0 saturated heterocycles. The van der Waals surface area contributed by atoms with E-state index in [0.29, 0.717) is 21.8 Å². The third-order valence-electron chi connectivity index (χ3n) is 4.31. The summed E-state index contributed by atoms with van der Waals surface area (Å²) in [6, 6.07) is 7.31. The van der Waals surface area contributed by atoms with E-state index in [1.807, 2.05) is 32.0 Å². The van der Waals surface area contributed by atoms with Crippen molar-refractivity contribution in [3.63, 3.8) is 0 Å². The Morgan fingerprint density at radius 3 is 2.61 bits per heavy atom. The van der Waals surface area contributed by atoms with Gasteiger partial charge < -0.3 is 14.2 Å². The van der Waals surface area contributed by atoms with Gasteiger partial charge in [-0.05, 0) is 45.9 Å². The van der Waals surface area contributed by atoms with Gasteiger partial charge in [-0.25, -0.2) is 0 Å². The molecule has 0 saturated carbocycles. The average Bonchev–Trinajstić information content (AvgIpc) is 2.81. The number of benzene rings is 1. The molecular weight excluding hydrogens is 312 g/mol. The van der Waals surface area contributed by atoms with Gasteiger partial charge in [0, 0.05) is 33.7 Å². The Labute approximate surface area is 140 Å². The molecule has 4 nitrogen and oxygen atoms in total. The van der Waals surface area contributed by atoms with Crippen molar-refractivity contribution in [2.24, 2.45) is 0 Å². The van der Waals surface area contributed by atoms with Crippen molar-refractivity contribution in [1.29, 1.82) is 0 Å². The monoisotopic (exact) mass is 330 g/mol. The van der Waals surface area contributed by atoms with Crippen molar-refractivity contribution in [2.75, 3.05) is 0 Å². The number of furan rings is 1. The van der Waals surface area contributed by atoms with Gasteiger partial charge >= 0.3 is 7.48 Å². The van der Waals surface area contributed by atoms with Crippen molar-refractivity contribution in [1.82, 2.24) is 4.98 Å². The summed E-state index contributed by atoms with van der Waals surface area (Å²) in [6.45, 7) is 7.09. The molecule has 1 radical (unpaired) electrons. The van der Waals surface area contributed by atoms with Crippen LogP contribution in [0, 0.1) is 0 Å². The first-order valence-corrected chi connectivity index (χ1v) is 7.77. The summed E-state index contributed by atoms with van der Waals surface area (Å²) in [5, 5.41) is 12.6. The summed E-state index contributed by atoms with van der Waals surface area (Å²) in [4.78, 5) is 4.38. The van der Waals surface area contributed by atoms with Gasteiger partial charge in [0.1, 0.15) is 11.2 Å². The van der Waals surface area contributed by atoms with E-state index in [4.69, 9.17) is 20.7 Å². The lowest BCUT2D eigenvalue weighted by Gasteiger charge is -2.37. The van der Waals surface area contributed by atoms with Crippen LogP contribution in [0.4, 0.5) is 0 Å². The van der Waals surface area contributed by atoms with Crippen LogP contribution in [-0.4, -0.2) is 28.8 Å². The standard InChI is InChI=1S/C17H18BClNO3/c1-16(2,21)17(3,4)23-18-15-14-11-6-5-10(19)9-13(11)22-12(14)7-8-20-15/h5-9,21H,1-4H3. The number of aromatic nitrogens is 1. The summed E-state index contributed by atoms with van der Waals surface area (Å²) in [6.07, 6.45) is 1.67. The smallest absolute Gasteiger partial charge is 0.352 e. The number of hydrogen-bond donors (Lipinski definition) is 1. The van der Waals surface area contributed by atoms with Crippen molar-refractivity contribution < 1.29 is 14.2 Å². The Bertz CT molecular complexity index is 867. The van der Waals surface area contributed by atoms with E-state index >= 15 is 0 Å². The summed E-state index contributed by atoms with van der Waals surface area (Å²) < 4.78 is 11.6. The van der Waals surface area contributed by atoms with Crippen molar-refractivity contribution in [3.8, 4) is 0 Å². The fraction of sp³-hybridized carbons (Fsp3) is 0.353. The summed E-state index contributed by atoms with van der Waals surface area (Å²) in [5.41, 5.74) is 0.314. The van der Waals surface area contributed by atoms with Gasteiger partial charge in [0.2, 0.25) is 0 Å². The molecule has 2 aromatic heterocycles. The minimum atomic E-state index is -0.997. The lowest BCUT2D eigenvalue weighted by atomic mass is 9.84. The number of aliphatic hydroxyl groups is 1. The number of rotatable bonds is 4. The first-order valence-electron chi connectivity index (χ1n) is 7.39. The van der Waals surface area contributed by atoms with Crippen LogP contribution in [0.15, 0.2) is 34.9 Å². The third-order valence-corrected chi connectivity index (χ3v) is 4.55. The molecule has 2 heterocycles. The van der Waals surface area contributed by atoms with Gasteiger partial charge in [-0.3, -0.25) is 4.98 Å². The second-order valence-corrected chi connectivity index (χ2v) is 7.05. The molecule has 0 aliphatic rings. The molecule has 1 N–H and O–H groups in total. The van der Waals surface area contributed by atoms with E-state index in [1.54, 1.807) is 33.6 Å². The fourth-order valence-corrected chi connectivity index (χ4v) is 2.32. The van der Waals surface area contributed by atoms with Crippen molar-refractivity contribution >= 4 is 46.6 Å². The minimum absolute atomic E-state index is 0.620. The van der Waals surface area contributed by atoms with Crippen LogP contribution >= 0.6 is 11.6 Å². The SMILES string of the molecule is CC(C)(O)C(C)(C)O[B]c1nccc2oc3cc(Cl)ccc3c12. The molecule has 0 aliphatic heterocycles. The highest BCUT2D eigenvalue weighted by Gasteiger charge is 2.36. The van der Waals surface area contributed by atoms with Crippen LogP contribution in [0.2, 0.25) is 5.02 Å². The van der Waals surface area contributed by atoms with Crippen LogP contribution in [0.1, 0.15) is 27.7 Å². The van der Waals surface area contributed by atoms with Gasteiger partial charge in [-0.1, -0.05) is 11.6 Å². The maximum Gasteiger partial charge on any atom is 0.352 e.